The van der Waals surface area contributed by atoms with Crippen molar-refractivity contribution in [3.8, 4) is 6.07 Å². The highest BCUT2D eigenvalue weighted by Gasteiger charge is 2.06. The Kier molecular flexibility index (Phi) is 6.23. The highest BCUT2D eigenvalue weighted by Crippen LogP contribution is 2.03. The molecule has 1 unspecified atom stereocenters. The molecule has 0 saturated heterocycles. The maximum absolute atomic E-state index is 8.75. The molecule has 1 aromatic heterocycles. The van der Waals surface area contributed by atoms with Crippen LogP contribution in [0.15, 0.2) is 18.3 Å². The van der Waals surface area contributed by atoms with E-state index in [1.165, 1.54) is 0 Å². The first-order valence-electron chi connectivity index (χ1n) is 5.87. The summed E-state index contributed by atoms with van der Waals surface area (Å²) >= 11 is 0. The van der Waals surface area contributed by atoms with Crippen LogP contribution >= 0.6 is 0 Å². The number of hydrogen-bond acceptors (Lipinski definition) is 4. The van der Waals surface area contributed by atoms with Gasteiger partial charge in [-0.15, -0.1) is 0 Å². The van der Waals surface area contributed by atoms with Crippen LogP contribution in [0, 0.1) is 11.3 Å². The van der Waals surface area contributed by atoms with E-state index in [9.17, 15) is 0 Å². The monoisotopic (exact) mass is 233 g/mol. The molecule has 4 nitrogen and oxygen atoms in total. The molecular weight excluding hydrogens is 214 g/mol. The predicted molar refractivity (Wildman–Crippen MR) is 66.4 cm³/mol. The molecule has 1 aromatic rings. The second-order valence-corrected chi connectivity index (χ2v) is 3.98. The average Bonchev–Trinajstić information content (AvgIpc) is 2.37. The molecule has 1 rings (SSSR count). The zero-order valence-electron chi connectivity index (χ0n) is 10.4. The molecule has 17 heavy (non-hydrogen) atoms. The summed E-state index contributed by atoms with van der Waals surface area (Å²) in [6, 6.07) is 6.13. The maximum Gasteiger partial charge on any atom is 0.140 e. The van der Waals surface area contributed by atoms with Crippen molar-refractivity contribution >= 4 is 0 Å². The Morgan fingerprint density at radius 1 is 1.59 bits per heavy atom. The standard InChI is InChI=1S/C13H19N3O/c1-3-4-12(10-17-2)16-9-11-5-6-15-13(7-11)8-14/h5-7,12,16H,3-4,9-10H2,1-2H3. The van der Waals surface area contributed by atoms with E-state index in [-0.39, 0.29) is 0 Å². The van der Waals surface area contributed by atoms with Crippen LogP contribution in [0.3, 0.4) is 0 Å². The smallest absolute Gasteiger partial charge is 0.140 e. The molecule has 0 radical (unpaired) electrons. The Morgan fingerprint density at radius 2 is 2.41 bits per heavy atom. The van der Waals surface area contributed by atoms with Crippen LogP contribution in [-0.4, -0.2) is 24.7 Å². The first-order chi connectivity index (χ1) is 8.30. The van der Waals surface area contributed by atoms with E-state index in [1.807, 2.05) is 18.2 Å². The number of rotatable bonds is 7. The second-order valence-electron chi connectivity index (χ2n) is 3.98. The lowest BCUT2D eigenvalue weighted by Crippen LogP contribution is -2.32. The molecule has 4 heteroatoms. The fourth-order valence-electron chi connectivity index (χ4n) is 1.70. The Balaban J connectivity index is 2.49. The quantitative estimate of drug-likeness (QED) is 0.781. The van der Waals surface area contributed by atoms with Gasteiger partial charge in [0.15, 0.2) is 0 Å². The summed E-state index contributed by atoms with van der Waals surface area (Å²) in [5.74, 6) is 0. The third-order valence-corrected chi connectivity index (χ3v) is 2.54. The molecule has 1 N–H and O–H groups in total. The van der Waals surface area contributed by atoms with E-state index in [1.54, 1.807) is 13.3 Å². The highest BCUT2D eigenvalue weighted by atomic mass is 16.5. The van der Waals surface area contributed by atoms with Crippen LogP contribution < -0.4 is 5.32 Å². The lowest BCUT2D eigenvalue weighted by Gasteiger charge is -2.17. The van der Waals surface area contributed by atoms with Crippen LogP contribution in [-0.2, 0) is 11.3 Å². The third kappa shape index (κ3) is 4.94. The number of nitrogens with zero attached hydrogens (tertiary/aromatic N) is 2. The summed E-state index contributed by atoms with van der Waals surface area (Å²) in [7, 11) is 1.71. The summed E-state index contributed by atoms with van der Waals surface area (Å²) < 4.78 is 5.16. The number of nitriles is 1. The van der Waals surface area contributed by atoms with Gasteiger partial charge in [-0.2, -0.15) is 5.26 Å². The van der Waals surface area contributed by atoms with Crippen molar-refractivity contribution in [3.05, 3.63) is 29.6 Å². The fourth-order valence-corrected chi connectivity index (χ4v) is 1.70. The lowest BCUT2D eigenvalue weighted by molar-refractivity contribution is 0.161. The van der Waals surface area contributed by atoms with E-state index in [0.717, 1.165) is 24.9 Å². The minimum atomic E-state index is 0.365. The van der Waals surface area contributed by atoms with Gasteiger partial charge in [0.1, 0.15) is 11.8 Å². The molecule has 0 saturated carbocycles. The molecule has 0 aliphatic rings. The topological polar surface area (TPSA) is 57.9 Å². The average molecular weight is 233 g/mol. The first-order valence-corrected chi connectivity index (χ1v) is 5.87. The zero-order valence-corrected chi connectivity index (χ0v) is 10.4. The van der Waals surface area contributed by atoms with Crippen molar-refractivity contribution in [3.63, 3.8) is 0 Å². The van der Waals surface area contributed by atoms with Gasteiger partial charge in [0.2, 0.25) is 0 Å². The predicted octanol–water partition coefficient (Wildman–Crippen LogP) is 1.86. The van der Waals surface area contributed by atoms with Crippen LogP contribution in [0.2, 0.25) is 0 Å². The van der Waals surface area contributed by atoms with Crippen molar-refractivity contribution in [1.29, 1.82) is 5.26 Å². The molecule has 1 heterocycles. The molecule has 0 aliphatic carbocycles. The van der Waals surface area contributed by atoms with E-state index in [2.05, 4.69) is 17.2 Å². The number of ether oxygens (including phenoxy) is 1. The Labute approximate surface area is 103 Å². The van der Waals surface area contributed by atoms with Gasteiger partial charge in [-0.05, 0) is 24.1 Å². The van der Waals surface area contributed by atoms with Crippen molar-refractivity contribution in [1.82, 2.24) is 10.3 Å². The normalized spacial score (nSPS) is 12.1. The molecule has 0 aliphatic heterocycles. The van der Waals surface area contributed by atoms with E-state index in [4.69, 9.17) is 10.00 Å². The number of nitrogens with one attached hydrogen (secondary N) is 1. The largest absolute Gasteiger partial charge is 0.383 e. The van der Waals surface area contributed by atoms with Crippen LogP contribution in [0.1, 0.15) is 31.0 Å². The Hall–Kier alpha value is -1.44. The van der Waals surface area contributed by atoms with Crippen molar-refractivity contribution in [2.45, 2.75) is 32.4 Å². The fraction of sp³-hybridized carbons (Fsp3) is 0.538. The lowest BCUT2D eigenvalue weighted by atomic mass is 10.1. The minimum Gasteiger partial charge on any atom is -0.383 e. The van der Waals surface area contributed by atoms with Gasteiger partial charge in [-0.3, -0.25) is 0 Å². The van der Waals surface area contributed by atoms with Crippen LogP contribution in [0.5, 0.6) is 0 Å². The SMILES string of the molecule is CCCC(COC)NCc1ccnc(C#N)c1. The molecule has 0 spiro atoms. The summed E-state index contributed by atoms with van der Waals surface area (Å²) in [5, 5.41) is 12.2. The van der Waals surface area contributed by atoms with Crippen molar-refractivity contribution in [2.24, 2.45) is 0 Å². The minimum absolute atomic E-state index is 0.365. The van der Waals surface area contributed by atoms with Gasteiger partial charge < -0.3 is 10.1 Å². The molecule has 0 fully saturated rings. The maximum atomic E-state index is 8.75. The van der Waals surface area contributed by atoms with Gasteiger partial charge in [-0.25, -0.2) is 4.98 Å². The van der Waals surface area contributed by atoms with Gasteiger partial charge in [0, 0.05) is 25.9 Å². The van der Waals surface area contributed by atoms with Gasteiger partial charge >= 0.3 is 0 Å². The van der Waals surface area contributed by atoms with Gasteiger partial charge in [-0.1, -0.05) is 13.3 Å². The van der Waals surface area contributed by atoms with E-state index < -0.39 is 0 Å². The van der Waals surface area contributed by atoms with Crippen LogP contribution in [0.4, 0.5) is 0 Å². The van der Waals surface area contributed by atoms with Gasteiger partial charge in [0.25, 0.3) is 0 Å². The highest BCUT2D eigenvalue weighted by molar-refractivity contribution is 5.25. The molecular formula is C13H19N3O. The molecule has 1 atom stereocenters. The van der Waals surface area contributed by atoms with Crippen molar-refractivity contribution < 1.29 is 4.74 Å². The summed E-state index contributed by atoms with van der Waals surface area (Å²) in [5.41, 5.74) is 1.54. The van der Waals surface area contributed by atoms with E-state index >= 15 is 0 Å². The first kappa shape index (κ1) is 13.6. The number of methoxy groups -OCH3 is 1. The number of pyridine rings is 1. The van der Waals surface area contributed by atoms with Crippen LogP contribution in [0.25, 0.3) is 0 Å². The summed E-state index contributed by atoms with van der Waals surface area (Å²) in [4.78, 5) is 3.94. The second kappa shape index (κ2) is 7.77. The molecule has 0 bridgehead atoms. The Morgan fingerprint density at radius 3 is 3.06 bits per heavy atom. The Bertz CT molecular complexity index is 367. The molecule has 0 amide bonds. The zero-order chi connectivity index (χ0) is 12.5. The van der Waals surface area contributed by atoms with Gasteiger partial charge in [0.05, 0.1) is 6.61 Å². The van der Waals surface area contributed by atoms with Crippen molar-refractivity contribution in [2.75, 3.05) is 13.7 Å². The summed E-state index contributed by atoms with van der Waals surface area (Å²) in [6.45, 7) is 3.61. The molecule has 92 valence electrons. The number of hydrogen-bond donors (Lipinski definition) is 1. The molecule has 0 aromatic carbocycles. The third-order valence-electron chi connectivity index (χ3n) is 2.54. The number of aromatic nitrogens is 1. The summed E-state index contributed by atoms with van der Waals surface area (Å²) in [6.07, 6.45) is 3.88. The van der Waals surface area contributed by atoms with E-state index in [0.29, 0.717) is 18.3 Å².